The predicted molar refractivity (Wildman–Crippen MR) is 103 cm³/mol. The summed E-state index contributed by atoms with van der Waals surface area (Å²) in [6.45, 7) is 4.25. The summed E-state index contributed by atoms with van der Waals surface area (Å²) in [7, 11) is 0. The van der Waals surface area contributed by atoms with Crippen LogP contribution in [0.3, 0.4) is 0 Å². The lowest BCUT2D eigenvalue weighted by Crippen LogP contribution is -2.48. The van der Waals surface area contributed by atoms with Crippen LogP contribution >= 0.6 is 23.4 Å². The summed E-state index contributed by atoms with van der Waals surface area (Å²) in [6, 6.07) is 14.3. The molecule has 1 unspecified atom stereocenters. The van der Waals surface area contributed by atoms with Gasteiger partial charge in [-0.2, -0.15) is 0 Å². The maximum atomic E-state index is 13.0. The van der Waals surface area contributed by atoms with Crippen LogP contribution in [0, 0.1) is 5.82 Å². The molecule has 0 radical (unpaired) electrons. The zero-order valence-corrected chi connectivity index (χ0v) is 15.5. The Morgan fingerprint density at radius 2 is 1.80 bits per heavy atom. The molecule has 0 spiro atoms. The van der Waals surface area contributed by atoms with Gasteiger partial charge in [-0.1, -0.05) is 17.7 Å². The number of hydrogen-bond donors (Lipinski definition) is 1. The van der Waals surface area contributed by atoms with Crippen LogP contribution in [-0.2, 0) is 0 Å². The van der Waals surface area contributed by atoms with E-state index >= 15 is 0 Å². The van der Waals surface area contributed by atoms with Gasteiger partial charge in [0.15, 0.2) is 0 Å². The highest BCUT2D eigenvalue weighted by molar-refractivity contribution is 7.99. The van der Waals surface area contributed by atoms with Crippen LogP contribution in [0.15, 0.2) is 53.4 Å². The van der Waals surface area contributed by atoms with E-state index in [-0.39, 0.29) is 11.9 Å². The average Bonchev–Trinajstić information content (AvgIpc) is 2.62. The Morgan fingerprint density at radius 1 is 1.08 bits per heavy atom. The van der Waals surface area contributed by atoms with Crippen molar-refractivity contribution >= 4 is 29.1 Å². The maximum Gasteiger partial charge on any atom is 0.123 e. The first-order valence-electron chi connectivity index (χ1n) is 8.39. The third kappa shape index (κ3) is 5.61. The van der Waals surface area contributed by atoms with Crippen LogP contribution in [0.25, 0.3) is 0 Å². The van der Waals surface area contributed by atoms with Gasteiger partial charge in [-0.15, -0.1) is 11.8 Å². The number of thioether (sulfide) groups is 1. The molecule has 1 atom stereocenters. The minimum atomic E-state index is -0.374. The summed E-state index contributed by atoms with van der Waals surface area (Å²) in [6.07, 6.45) is -0.374. The van der Waals surface area contributed by atoms with Crippen LogP contribution in [0.1, 0.15) is 0 Å². The highest BCUT2D eigenvalue weighted by Crippen LogP contribution is 2.23. The normalized spacial score (nSPS) is 16.8. The quantitative estimate of drug-likeness (QED) is 0.772. The fourth-order valence-corrected chi connectivity index (χ4v) is 4.07. The molecule has 1 heterocycles. The Morgan fingerprint density at radius 3 is 2.48 bits per heavy atom. The molecule has 0 aliphatic carbocycles. The number of aliphatic hydroxyl groups is 1. The van der Waals surface area contributed by atoms with Crippen molar-refractivity contribution in [2.45, 2.75) is 11.0 Å². The minimum Gasteiger partial charge on any atom is -0.391 e. The first kappa shape index (κ1) is 18.5. The topological polar surface area (TPSA) is 26.7 Å². The summed E-state index contributed by atoms with van der Waals surface area (Å²) < 4.78 is 13.0. The number of anilines is 1. The Bertz CT molecular complexity index is 677. The lowest BCUT2D eigenvalue weighted by molar-refractivity contribution is 0.126. The standard InChI is InChI=1S/C19H22ClFN2OS/c20-15-2-1-3-19(12-15)25-14-18(24)13-22-8-10-23(11-9-22)17-6-4-16(21)5-7-17/h1-7,12,18,24H,8-11,13-14H2. The monoisotopic (exact) mass is 380 g/mol. The molecule has 1 N–H and O–H groups in total. The number of rotatable bonds is 6. The molecule has 0 saturated carbocycles. The second-order valence-electron chi connectivity index (χ2n) is 6.19. The molecule has 0 bridgehead atoms. The number of benzene rings is 2. The molecule has 1 aliphatic rings. The van der Waals surface area contributed by atoms with Gasteiger partial charge in [-0.05, 0) is 42.5 Å². The molecule has 0 amide bonds. The van der Waals surface area contributed by atoms with Crippen molar-refractivity contribution in [3.8, 4) is 0 Å². The summed E-state index contributed by atoms with van der Waals surface area (Å²) in [5, 5.41) is 11.0. The maximum absolute atomic E-state index is 13.0. The van der Waals surface area contributed by atoms with Crippen LogP contribution in [0.5, 0.6) is 0 Å². The number of piperazine rings is 1. The van der Waals surface area contributed by atoms with Crippen molar-refractivity contribution in [3.05, 3.63) is 59.4 Å². The van der Waals surface area contributed by atoms with Gasteiger partial charge in [0.05, 0.1) is 6.10 Å². The summed E-state index contributed by atoms with van der Waals surface area (Å²) in [4.78, 5) is 5.61. The van der Waals surface area contributed by atoms with Crippen molar-refractivity contribution in [2.75, 3.05) is 43.4 Å². The number of nitrogens with zero attached hydrogens (tertiary/aromatic N) is 2. The molecular weight excluding hydrogens is 359 g/mol. The second-order valence-corrected chi connectivity index (χ2v) is 7.72. The largest absolute Gasteiger partial charge is 0.391 e. The molecular formula is C19H22ClFN2OS. The molecule has 2 aromatic carbocycles. The van der Waals surface area contributed by atoms with Crippen molar-refractivity contribution < 1.29 is 9.50 Å². The van der Waals surface area contributed by atoms with Gasteiger partial charge in [0.2, 0.25) is 0 Å². The molecule has 1 fully saturated rings. The molecule has 3 nitrogen and oxygen atoms in total. The van der Waals surface area contributed by atoms with E-state index in [9.17, 15) is 9.50 Å². The Labute approximate surface area is 157 Å². The van der Waals surface area contributed by atoms with E-state index < -0.39 is 0 Å². The third-order valence-corrected chi connectivity index (χ3v) is 5.65. The Kier molecular flexibility index (Phi) is 6.59. The van der Waals surface area contributed by atoms with Gasteiger partial charge < -0.3 is 10.0 Å². The number of β-amino-alcohol motifs (C(OH)–C–C–N with tert-alkyl or cyclic N) is 1. The van der Waals surface area contributed by atoms with Crippen LogP contribution < -0.4 is 4.90 Å². The summed E-state index contributed by atoms with van der Waals surface area (Å²) in [5.41, 5.74) is 1.05. The van der Waals surface area contributed by atoms with Crippen molar-refractivity contribution in [2.24, 2.45) is 0 Å². The smallest absolute Gasteiger partial charge is 0.123 e. The molecule has 6 heteroatoms. The number of aliphatic hydroxyl groups excluding tert-OH is 1. The van der Waals surface area contributed by atoms with E-state index in [2.05, 4.69) is 9.80 Å². The summed E-state index contributed by atoms with van der Waals surface area (Å²) >= 11 is 7.60. The molecule has 25 heavy (non-hydrogen) atoms. The van der Waals surface area contributed by atoms with Gasteiger partial charge >= 0.3 is 0 Å². The zero-order chi connectivity index (χ0) is 17.6. The van der Waals surface area contributed by atoms with E-state index in [1.165, 1.54) is 12.1 Å². The van der Waals surface area contributed by atoms with Gasteiger partial charge in [0, 0.05) is 54.1 Å². The van der Waals surface area contributed by atoms with Crippen molar-refractivity contribution in [1.29, 1.82) is 0 Å². The number of halogens is 2. The molecule has 0 aromatic heterocycles. The first-order valence-corrected chi connectivity index (χ1v) is 9.76. The van der Waals surface area contributed by atoms with E-state index in [0.29, 0.717) is 12.3 Å². The second kappa shape index (κ2) is 8.90. The lowest BCUT2D eigenvalue weighted by atomic mass is 10.2. The molecule has 1 saturated heterocycles. The van der Waals surface area contributed by atoms with Crippen LogP contribution in [-0.4, -0.2) is 54.6 Å². The SMILES string of the molecule is OC(CSc1cccc(Cl)c1)CN1CCN(c2ccc(F)cc2)CC1. The molecule has 134 valence electrons. The van der Waals surface area contributed by atoms with E-state index in [1.807, 2.05) is 36.4 Å². The Hall–Kier alpha value is -1.27. The van der Waals surface area contributed by atoms with Gasteiger partial charge in [0.1, 0.15) is 5.82 Å². The van der Waals surface area contributed by atoms with E-state index in [0.717, 1.165) is 41.8 Å². The molecule has 1 aliphatic heterocycles. The highest BCUT2D eigenvalue weighted by atomic mass is 35.5. The fourth-order valence-electron chi connectivity index (χ4n) is 2.94. The predicted octanol–water partition coefficient (Wildman–Crippen LogP) is 3.75. The molecule has 3 rings (SSSR count). The Balaban J connectivity index is 1.41. The van der Waals surface area contributed by atoms with E-state index in [1.54, 1.807) is 11.8 Å². The molecule has 2 aromatic rings. The van der Waals surface area contributed by atoms with Gasteiger partial charge in [0.25, 0.3) is 0 Å². The van der Waals surface area contributed by atoms with Gasteiger partial charge in [-0.25, -0.2) is 4.39 Å². The van der Waals surface area contributed by atoms with Crippen molar-refractivity contribution in [3.63, 3.8) is 0 Å². The summed E-state index contributed by atoms with van der Waals surface area (Å²) in [5.74, 6) is 0.445. The van der Waals surface area contributed by atoms with Crippen LogP contribution in [0.2, 0.25) is 5.02 Å². The van der Waals surface area contributed by atoms with Crippen molar-refractivity contribution in [1.82, 2.24) is 4.90 Å². The number of hydrogen-bond acceptors (Lipinski definition) is 4. The first-order chi connectivity index (χ1) is 12.1. The van der Waals surface area contributed by atoms with E-state index in [4.69, 9.17) is 11.6 Å². The van der Waals surface area contributed by atoms with Gasteiger partial charge in [-0.3, -0.25) is 4.90 Å². The average molecular weight is 381 g/mol. The fraction of sp³-hybridized carbons (Fsp3) is 0.368. The lowest BCUT2D eigenvalue weighted by Gasteiger charge is -2.36. The minimum absolute atomic E-state index is 0.206. The zero-order valence-electron chi connectivity index (χ0n) is 13.9. The third-order valence-electron chi connectivity index (χ3n) is 4.27. The van der Waals surface area contributed by atoms with Crippen LogP contribution in [0.4, 0.5) is 10.1 Å². The highest BCUT2D eigenvalue weighted by Gasteiger charge is 2.19.